The Morgan fingerprint density at radius 3 is 3.08 bits per heavy atom. The Morgan fingerprint density at radius 2 is 2.38 bits per heavy atom. The van der Waals surface area contributed by atoms with Crippen LogP contribution in [0.15, 0.2) is 30.7 Å². The lowest BCUT2D eigenvalue weighted by Crippen LogP contribution is -2.43. The van der Waals surface area contributed by atoms with Gasteiger partial charge in [-0.2, -0.15) is 0 Å². The predicted octanol–water partition coefficient (Wildman–Crippen LogP) is 1.90. The zero-order valence-corrected chi connectivity index (χ0v) is 14.9. The van der Waals surface area contributed by atoms with Gasteiger partial charge in [0.05, 0.1) is 12.6 Å². The molecule has 7 heteroatoms. The fourth-order valence-electron chi connectivity index (χ4n) is 3.03. The smallest absolute Gasteiger partial charge is 0.318 e. The minimum Gasteiger partial charge on any atom is -0.376 e. The van der Waals surface area contributed by atoms with Gasteiger partial charge in [0, 0.05) is 43.9 Å². The van der Waals surface area contributed by atoms with E-state index in [0.29, 0.717) is 13.1 Å². The van der Waals surface area contributed by atoms with E-state index in [1.165, 1.54) is 0 Å². The molecule has 2 aromatic rings. The third-order valence-corrected chi connectivity index (χ3v) is 4.37. The van der Waals surface area contributed by atoms with Crippen LogP contribution in [0.4, 0.5) is 4.79 Å². The molecule has 1 aliphatic rings. The molecule has 7 nitrogen and oxygen atoms in total. The lowest BCUT2D eigenvalue weighted by atomic mass is 10.2. The molecule has 0 saturated carbocycles. The van der Waals surface area contributed by atoms with E-state index in [0.717, 1.165) is 36.7 Å². The van der Waals surface area contributed by atoms with Crippen LogP contribution in [0.2, 0.25) is 0 Å². The number of ether oxygens (including phenoxy) is 1. The van der Waals surface area contributed by atoms with Crippen LogP contribution in [0.3, 0.4) is 0 Å². The second kappa shape index (κ2) is 8.50. The number of pyridine rings is 1. The van der Waals surface area contributed by atoms with Crippen molar-refractivity contribution >= 4 is 6.03 Å². The number of carbonyl (C=O) groups excluding carboxylic acids is 1. The molecule has 2 aromatic heterocycles. The van der Waals surface area contributed by atoms with Gasteiger partial charge >= 0.3 is 6.03 Å². The average Bonchev–Trinajstić information content (AvgIpc) is 3.31. The third kappa shape index (κ3) is 4.21. The van der Waals surface area contributed by atoms with E-state index in [-0.39, 0.29) is 18.7 Å². The summed E-state index contributed by atoms with van der Waals surface area (Å²) in [6, 6.07) is 3.59. The Kier molecular flexibility index (Phi) is 5.87. The highest BCUT2D eigenvalue weighted by Gasteiger charge is 2.22. The highest BCUT2D eigenvalue weighted by atomic mass is 16.5. The van der Waals surface area contributed by atoms with Gasteiger partial charge in [-0.3, -0.25) is 4.57 Å². The zero-order chi connectivity index (χ0) is 18.4. The van der Waals surface area contributed by atoms with Gasteiger partial charge < -0.3 is 15.0 Å². The first-order valence-electron chi connectivity index (χ1n) is 8.71. The van der Waals surface area contributed by atoms with Crippen molar-refractivity contribution in [2.45, 2.75) is 32.4 Å². The molecule has 136 valence electrons. The Hall–Kier alpha value is -2.85. The summed E-state index contributed by atoms with van der Waals surface area (Å²) in [4.78, 5) is 22.9. The van der Waals surface area contributed by atoms with Gasteiger partial charge in [0.2, 0.25) is 0 Å². The molecule has 0 unspecified atom stereocenters. The summed E-state index contributed by atoms with van der Waals surface area (Å²) in [5.74, 6) is 4.14. The number of hydrogen-bond acceptors (Lipinski definition) is 4. The highest BCUT2D eigenvalue weighted by Crippen LogP contribution is 2.15. The minimum atomic E-state index is -0.199. The van der Waals surface area contributed by atoms with E-state index in [1.807, 2.05) is 29.8 Å². The average molecular weight is 353 g/mol. The fraction of sp³-hybridized carbons (Fsp3) is 0.421. The molecule has 1 N–H and O–H groups in total. The molecule has 3 rings (SSSR count). The van der Waals surface area contributed by atoms with Crippen molar-refractivity contribution in [3.63, 3.8) is 0 Å². The normalized spacial score (nSPS) is 16.2. The van der Waals surface area contributed by atoms with Gasteiger partial charge in [0.25, 0.3) is 0 Å². The van der Waals surface area contributed by atoms with Crippen LogP contribution < -0.4 is 5.32 Å². The van der Waals surface area contributed by atoms with Gasteiger partial charge in [-0.05, 0) is 25.8 Å². The molecule has 0 spiro atoms. The number of rotatable bonds is 6. The van der Waals surface area contributed by atoms with Crippen LogP contribution in [-0.4, -0.2) is 51.3 Å². The molecule has 26 heavy (non-hydrogen) atoms. The largest absolute Gasteiger partial charge is 0.376 e. The number of hydrogen-bond donors (Lipinski definition) is 1. The molecule has 0 radical (unpaired) electrons. The monoisotopic (exact) mass is 353 g/mol. The molecular formula is C19H23N5O2. The first-order chi connectivity index (χ1) is 12.7. The number of terminal acetylenes is 1. The lowest BCUT2D eigenvalue weighted by Gasteiger charge is -2.24. The van der Waals surface area contributed by atoms with Crippen molar-refractivity contribution in [1.29, 1.82) is 0 Å². The van der Waals surface area contributed by atoms with E-state index in [2.05, 4.69) is 21.2 Å². The summed E-state index contributed by atoms with van der Waals surface area (Å²) in [5.41, 5.74) is 0.903. The Balaban J connectivity index is 1.67. The van der Waals surface area contributed by atoms with Crippen molar-refractivity contribution in [3.05, 3.63) is 42.1 Å². The standard InChI is InChI=1S/C19H23N5O2/c1-3-10-23(14-17-7-5-12-26-17)19(25)22-13-16-6-4-8-21-18(16)24-11-9-20-15(24)2/h1,4,6,8-9,11,17H,5,7,10,12-14H2,2H3,(H,22,25)/t17-/m1/s1. The molecule has 2 amide bonds. The van der Waals surface area contributed by atoms with Gasteiger partial charge in [-0.15, -0.1) is 6.42 Å². The molecule has 3 heterocycles. The van der Waals surface area contributed by atoms with Crippen LogP contribution in [0.25, 0.3) is 5.82 Å². The number of urea groups is 1. The Morgan fingerprint density at radius 1 is 1.50 bits per heavy atom. The maximum atomic E-state index is 12.6. The number of nitrogens with one attached hydrogen (secondary N) is 1. The number of imidazole rings is 1. The quantitative estimate of drug-likeness (QED) is 0.805. The van der Waals surface area contributed by atoms with Gasteiger partial charge in [0.15, 0.2) is 0 Å². The predicted molar refractivity (Wildman–Crippen MR) is 97.7 cm³/mol. The third-order valence-electron chi connectivity index (χ3n) is 4.37. The number of aromatic nitrogens is 3. The lowest BCUT2D eigenvalue weighted by molar-refractivity contribution is 0.0845. The van der Waals surface area contributed by atoms with Crippen LogP contribution >= 0.6 is 0 Å². The summed E-state index contributed by atoms with van der Waals surface area (Å²) < 4.78 is 7.51. The topological polar surface area (TPSA) is 72.3 Å². The SMILES string of the molecule is C#CCN(C[C@H]1CCCO1)C(=O)NCc1cccnc1-n1ccnc1C. The fourth-order valence-corrected chi connectivity index (χ4v) is 3.03. The Labute approximate surface area is 153 Å². The van der Waals surface area contributed by atoms with Crippen molar-refractivity contribution in [3.8, 4) is 18.2 Å². The van der Waals surface area contributed by atoms with E-state index in [9.17, 15) is 4.79 Å². The summed E-state index contributed by atoms with van der Waals surface area (Å²) >= 11 is 0. The second-order valence-electron chi connectivity index (χ2n) is 6.21. The van der Waals surface area contributed by atoms with Gasteiger partial charge in [0.1, 0.15) is 11.6 Å². The van der Waals surface area contributed by atoms with Crippen LogP contribution in [0, 0.1) is 19.3 Å². The molecule has 1 saturated heterocycles. The van der Waals surface area contributed by atoms with E-state index >= 15 is 0 Å². The number of amides is 2. The maximum absolute atomic E-state index is 12.6. The molecule has 0 aromatic carbocycles. The number of carbonyl (C=O) groups is 1. The number of aryl methyl sites for hydroxylation is 1. The Bertz CT molecular complexity index is 789. The maximum Gasteiger partial charge on any atom is 0.318 e. The van der Waals surface area contributed by atoms with Crippen LogP contribution in [-0.2, 0) is 11.3 Å². The molecular weight excluding hydrogens is 330 g/mol. The summed E-state index contributed by atoms with van der Waals surface area (Å²) in [6.45, 7) is 3.78. The first-order valence-corrected chi connectivity index (χ1v) is 8.71. The zero-order valence-electron chi connectivity index (χ0n) is 14.9. The summed E-state index contributed by atoms with van der Waals surface area (Å²) in [7, 11) is 0. The van der Waals surface area contributed by atoms with Crippen molar-refractivity contribution < 1.29 is 9.53 Å². The van der Waals surface area contributed by atoms with Crippen molar-refractivity contribution in [1.82, 2.24) is 24.8 Å². The minimum absolute atomic E-state index is 0.0663. The molecule has 1 atom stereocenters. The van der Waals surface area contributed by atoms with E-state index < -0.39 is 0 Å². The number of nitrogens with zero attached hydrogens (tertiary/aromatic N) is 4. The highest BCUT2D eigenvalue weighted by molar-refractivity contribution is 5.74. The van der Waals surface area contributed by atoms with Crippen molar-refractivity contribution in [2.75, 3.05) is 19.7 Å². The molecule has 0 bridgehead atoms. The van der Waals surface area contributed by atoms with Gasteiger partial charge in [-0.25, -0.2) is 14.8 Å². The summed E-state index contributed by atoms with van der Waals surface area (Å²) in [6.07, 6.45) is 12.8. The second-order valence-corrected chi connectivity index (χ2v) is 6.21. The first kappa shape index (κ1) is 18.0. The van der Waals surface area contributed by atoms with Crippen LogP contribution in [0.5, 0.6) is 0 Å². The summed E-state index contributed by atoms with van der Waals surface area (Å²) in [5, 5.41) is 2.94. The van der Waals surface area contributed by atoms with E-state index in [4.69, 9.17) is 11.2 Å². The molecule has 0 aliphatic carbocycles. The van der Waals surface area contributed by atoms with Crippen LogP contribution in [0.1, 0.15) is 24.2 Å². The van der Waals surface area contributed by atoms with Gasteiger partial charge in [-0.1, -0.05) is 12.0 Å². The molecule has 1 aliphatic heterocycles. The van der Waals surface area contributed by atoms with Crippen molar-refractivity contribution in [2.24, 2.45) is 0 Å². The molecule has 1 fully saturated rings. The van der Waals surface area contributed by atoms with E-state index in [1.54, 1.807) is 17.3 Å².